The standard InChI is InChI=1S/C12H10ClNOS/c1-7-3-9(5-14-4-7)11(15)12-10(13)8(2)6-16-12/h3-6H,1-2H3. The van der Waals surface area contributed by atoms with Crippen molar-refractivity contribution in [1.82, 2.24) is 4.98 Å². The molecule has 0 aromatic carbocycles. The van der Waals surface area contributed by atoms with Gasteiger partial charge in [0.05, 0.1) is 9.90 Å². The van der Waals surface area contributed by atoms with Crippen LogP contribution in [0.3, 0.4) is 0 Å². The number of hydrogen-bond donors (Lipinski definition) is 0. The molecule has 2 rings (SSSR count). The Morgan fingerprint density at radius 1 is 1.38 bits per heavy atom. The van der Waals surface area contributed by atoms with Crippen molar-refractivity contribution in [2.45, 2.75) is 13.8 Å². The topological polar surface area (TPSA) is 30.0 Å². The number of ketones is 1. The largest absolute Gasteiger partial charge is 0.288 e. The van der Waals surface area contributed by atoms with Crippen molar-refractivity contribution in [1.29, 1.82) is 0 Å². The monoisotopic (exact) mass is 251 g/mol. The third-order valence-corrected chi connectivity index (χ3v) is 3.94. The molecule has 0 aliphatic rings. The molecule has 0 bridgehead atoms. The number of rotatable bonds is 2. The van der Waals surface area contributed by atoms with E-state index in [4.69, 9.17) is 11.6 Å². The predicted molar refractivity (Wildman–Crippen MR) is 66.5 cm³/mol. The lowest BCUT2D eigenvalue weighted by Gasteiger charge is -2.00. The van der Waals surface area contributed by atoms with Gasteiger partial charge in [-0.2, -0.15) is 0 Å². The van der Waals surface area contributed by atoms with Crippen LogP contribution in [-0.2, 0) is 0 Å². The van der Waals surface area contributed by atoms with E-state index >= 15 is 0 Å². The molecule has 0 radical (unpaired) electrons. The highest BCUT2D eigenvalue weighted by Crippen LogP contribution is 2.29. The van der Waals surface area contributed by atoms with Crippen molar-refractivity contribution < 1.29 is 4.79 Å². The Morgan fingerprint density at radius 2 is 2.12 bits per heavy atom. The van der Waals surface area contributed by atoms with Gasteiger partial charge in [0.2, 0.25) is 5.78 Å². The summed E-state index contributed by atoms with van der Waals surface area (Å²) in [6.07, 6.45) is 3.29. The van der Waals surface area contributed by atoms with E-state index in [1.807, 2.05) is 25.3 Å². The fraction of sp³-hybridized carbons (Fsp3) is 0.167. The second-order valence-corrected chi connectivity index (χ2v) is 4.90. The van der Waals surface area contributed by atoms with E-state index < -0.39 is 0 Å². The van der Waals surface area contributed by atoms with Gasteiger partial charge in [-0.25, -0.2) is 0 Å². The second-order valence-electron chi connectivity index (χ2n) is 3.64. The third-order valence-electron chi connectivity index (χ3n) is 2.24. The Morgan fingerprint density at radius 3 is 2.69 bits per heavy atom. The smallest absolute Gasteiger partial charge is 0.206 e. The number of nitrogens with zero attached hydrogens (tertiary/aromatic N) is 1. The maximum atomic E-state index is 12.1. The number of aryl methyl sites for hydroxylation is 2. The first-order valence-corrected chi connectivity index (χ1v) is 6.05. The van der Waals surface area contributed by atoms with Crippen LogP contribution in [-0.4, -0.2) is 10.8 Å². The molecule has 16 heavy (non-hydrogen) atoms. The zero-order chi connectivity index (χ0) is 11.7. The third kappa shape index (κ3) is 2.01. The summed E-state index contributed by atoms with van der Waals surface area (Å²) in [5.41, 5.74) is 2.50. The lowest BCUT2D eigenvalue weighted by Crippen LogP contribution is -2.00. The molecule has 0 aliphatic heterocycles. The highest BCUT2D eigenvalue weighted by Gasteiger charge is 2.16. The van der Waals surface area contributed by atoms with Gasteiger partial charge >= 0.3 is 0 Å². The number of carbonyl (C=O) groups excluding carboxylic acids is 1. The van der Waals surface area contributed by atoms with Crippen LogP contribution in [0.5, 0.6) is 0 Å². The van der Waals surface area contributed by atoms with Gasteiger partial charge in [-0.05, 0) is 36.4 Å². The van der Waals surface area contributed by atoms with Crippen LogP contribution in [0.4, 0.5) is 0 Å². The molecule has 0 N–H and O–H groups in total. The van der Waals surface area contributed by atoms with Crippen LogP contribution >= 0.6 is 22.9 Å². The Hall–Kier alpha value is -1.19. The van der Waals surface area contributed by atoms with Gasteiger partial charge in [-0.1, -0.05) is 11.6 Å². The highest BCUT2D eigenvalue weighted by atomic mass is 35.5. The Kier molecular flexibility index (Phi) is 3.08. The van der Waals surface area contributed by atoms with Gasteiger partial charge in [-0.15, -0.1) is 11.3 Å². The van der Waals surface area contributed by atoms with E-state index in [1.54, 1.807) is 12.4 Å². The van der Waals surface area contributed by atoms with Gasteiger partial charge in [0, 0.05) is 18.0 Å². The quantitative estimate of drug-likeness (QED) is 0.763. The number of thiophene rings is 1. The molecular weight excluding hydrogens is 242 g/mol. The van der Waals surface area contributed by atoms with Crippen LogP contribution in [0.15, 0.2) is 23.8 Å². The normalized spacial score (nSPS) is 10.4. The van der Waals surface area contributed by atoms with E-state index in [0.717, 1.165) is 11.1 Å². The molecule has 0 fully saturated rings. The number of halogens is 1. The van der Waals surface area contributed by atoms with Crippen LogP contribution in [0.25, 0.3) is 0 Å². The van der Waals surface area contributed by atoms with Crippen LogP contribution in [0.2, 0.25) is 5.02 Å². The molecule has 2 heterocycles. The van der Waals surface area contributed by atoms with E-state index in [1.165, 1.54) is 11.3 Å². The zero-order valence-electron chi connectivity index (χ0n) is 8.95. The van der Waals surface area contributed by atoms with Gasteiger partial charge in [-0.3, -0.25) is 9.78 Å². The molecule has 2 aromatic heterocycles. The maximum Gasteiger partial charge on any atom is 0.206 e. The first kappa shape index (κ1) is 11.3. The minimum atomic E-state index is -0.0562. The fourth-order valence-corrected chi connectivity index (χ4v) is 2.63. The maximum absolute atomic E-state index is 12.1. The predicted octanol–water partition coefficient (Wildman–Crippen LogP) is 3.64. The van der Waals surface area contributed by atoms with Crippen molar-refractivity contribution in [2.24, 2.45) is 0 Å². The summed E-state index contributed by atoms with van der Waals surface area (Å²) in [5, 5.41) is 2.44. The van der Waals surface area contributed by atoms with Crippen LogP contribution < -0.4 is 0 Å². The molecule has 0 spiro atoms. The fourth-order valence-electron chi connectivity index (χ4n) is 1.39. The van der Waals surface area contributed by atoms with E-state index in [2.05, 4.69) is 4.98 Å². The average molecular weight is 252 g/mol. The van der Waals surface area contributed by atoms with Gasteiger partial charge < -0.3 is 0 Å². The molecule has 0 saturated carbocycles. The molecule has 82 valence electrons. The van der Waals surface area contributed by atoms with Crippen LogP contribution in [0, 0.1) is 13.8 Å². The van der Waals surface area contributed by atoms with E-state index in [0.29, 0.717) is 15.5 Å². The summed E-state index contributed by atoms with van der Waals surface area (Å²) in [6.45, 7) is 3.80. The summed E-state index contributed by atoms with van der Waals surface area (Å²) in [6, 6.07) is 1.82. The number of pyridine rings is 1. The lowest BCUT2D eigenvalue weighted by molar-refractivity contribution is 0.104. The lowest BCUT2D eigenvalue weighted by atomic mass is 10.1. The molecule has 0 amide bonds. The minimum Gasteiger partial charge on any atom is -0.288 e. The number of carbonyl (C=O) groups is 1. The molecule has 0 atom stereocenters. The highest BCUT2D eigenvalue weighted by molar-refractivity contribution is 7.13. The molecule has 2 aromatic rings. The van der Waals surface area contributed by atoms with Gasteiger partial charge in [0.1, 0.15) is 0 Å². The van der Waals surface area contributed by atoms with Crippen molar-refractivity contribution in [3.63, 3.8) is 0 Å². The average Bonchev–Trinajstić information content (AvgIpc) is 2.59. The summed E-state index contributed by atoms with van der Waals surface area (Å²) in [7, 11) is 0. The van der Waals surface area contributed by atoms with Crippen molar-refractivity contribution in [2.75, 3.05) is 0 Å². The van der Waals surface area contributed by atoms with Crippen molar-refractivity contribution in [3.05, 3.63) is 50.4 Å². The Balaban J connectivity index is 2.43. The molecule has 0 aliphatic carbocycles. The van der Waals surface area contributed by atoms with Gasteiger partial charge in [0.15, 0.2) is 0 Å². The SMILES string of the molecule is Cc1cncc(C(=O)c2scc(C)c2Cl)c1. The summed E-state index contributed by atoms with van der Waals surface area (Å²) in [4.78, 5) is 16.7. The summed E-state index contributed by atoms with van der Waals surface area (Å²) in [5.74, 6) is -0.0562. The van der Waals surface area contributed by atoms with Crippen molar-refractivity contribution >= 4 is 28.7 Å². The van der Waals surface area contributed by atoms with E-state index in [9.17, 15) is 4.79 Å². The molecule has 0 saturated heterocycles. The molecule has 2 nitrogen and oxygen atoms in total. The molecule has 4 heteroatoms. The van der Waals surface area contributed by atoms with Gasteiger partial charge in [0.25, 0.3) is 0 Å². The minimum absolute atomic E-state index is 0.0562. The molecule has 0 unspecified atom stereocenters. The zero-order valence-corrected chi connectivity index (χ0v) is 10.5. The summed E-state index contributed by atoms with van der Waals surface area (Å²) < 4.78 is 0. The first-order chi connectivity index (χ1) is 7.59. The van der Waals surface area contributed by atoms with Crippen LogP contribution in [0.1, 0.15) is 26.4 Å². The van der Waals surface area contributed by atoms with Crippen molar-refractivity contribution in [3.8, 4) is 0 Å². The Bertz CT molecular complexity index is 548. The Labute approximate surface area is 103 Å². The number of aromatic nitrogens is 1. The van der Waals surface area contributed by atoms with E-state index in [-0.39, 0.29) is 5.78 Å². The molecular formula is C12H10ClNOS. The number of hydrogen-bond acceptors (Lipinski definition) is 3. The second kappa shape index (κ2) is 4.36. The summed E-state index contributed by atoms with van der Waals surface area (Å²) >= 11 is 7.44. The first-order valence-electron chi connectivity index (χ1n) is 4.79.